The molecule has 0 fully saturated rings. The second-order valence-electron chi connectivity index (χ2n) is 7.69. The van der Waals surface area contributed by atoms with Crippen molar-refractivity contribution >= 4 is 28.9 Å². The number of hydrogen-bond donors (Lipinski definition) is 1. The zero-order valence-electron chi connectivity index (χ0n) is 15.3. The van der Waals surface area contributed by atoms with Crippen LogP contribution < -0.4 is 0 Å². The SMILES string of the molecule is OB(OC1Cc2cccc3cccc1c23)OC1Cc2cccc3cccc1c23. The molecule has 3 nitrogen and oxygen atoms in total. The Labute approximate surface area is 163 Å². The minimum atomic E-state index is -1.26. The molecule has 0 saturated heterocycles. The molecule has 0 radical (unpaired) electrons. The Morgan fingerprint density at radius 3 is 1.54 bits per heavy atom. The maximum Gasteiger partial charge on any atom is 0.637 e. The highest BCUT2D eigenvalue weighted by molar-refractivity contribution is 6.34. The van der Waals surface area contributed by atoms with Crippen LogP contribution in [0.3, 0.4) is 0 Å². The summed E-state index contributed by atoms with van der Waals surface area (Å²) in [5.74, 6) is 0. The molecule has 0 amide bonds. The molecule has 0 aliphatic heterocycles. The van der Waals surface area contributed by atoms with Crippen LogP contribution in [-0.2, 0) is 22.2 Å². The fraction of sp³-hybridized carbons (Fsp3) is 0.167. The van der Waals surface area contributed by atoms with Crippen LogP contribution in [0.15, 0.2) is 72.8 Å². The molecule has 2 aliphatic carbocycles. The van der Waals surface area contributed by atoms with Gasteiger partial charge in [0, 0.05) is 12.8 Å². The van der Waals surface area contributed by atoms with E-state index in [-0.39, 0.29) is 12.2 Å². The topological polar surface area (TPSA) is 38.7 Å². The summed E-state index contributed by atoms with van der Waals surface area (Å²) in [5, 5.41) is 15.5. The van der Waals surface area contributed by atoms with E-state index in [0.717, 1.165) is 24.0 Å². The van der Waals surface area contributed by atoms with E-state index in [1.165, 1.54) is 32.7 Å². The van der Waals surface area contributed by atoms with Crippen LogP contribution in [0.25, 0.3) is 21.5 Å². The zero-order valence-corrected chi connectivity index (χ0v) is 15.3. The van der Waals surface area contributed by atoms with Crippen LogP contribution in [0.2, 0.25) is 0 Å². The van der Waals surface area contributed by atoms with E-state index in [9.17, 15) is 5.02 Å². The monoisotopic (exact) mass is 366 g/mol. The second-order valence-corrected chi connectivity index (χ2v) is 7.69. The Hall–Kier alpha value is -2.66. The summed E-state index contributed by atoms with van der Waals surface area (Å²) in [6, 6.07) is 25.2. The standard InChI is InChI=1S/C24H19BO3/c26-25(27-21-13-17-9-1-5-15-7-3-11-19(21)23(15)17)28-22-14-18-10-2-6-16-8-4-12-20(22)24(16)18/h1-12,21-22,26H,13-14H2. The molecule has 2 atom stereocenters. The van der Waals surface area contributed by atoms with Gasteiger partial charge in [-0.15, -0.1) is 0 Å². The van der Waals surface area contributed by atoms with Gasteiger partial charge in [-0.1, -0.05) is 72.8 Å². The molecule has 4 heteroatoms. The fourth-order valence-corrected chi connectivity index (χ4v) is 4.95. The van der Waals surface area contributed by atoms with Crippen molar-refractivity contribution < 1.29 is 14.3 Å². The first-order valence-electron chi connectivity index (χ1n) is 9.78. The third-order valence-electron chi connectivity index (χ3n) is 6.11. The van der Waals surface area contributed by atoms with Crippen molar-refractivity contribution in [2.45, 2.75) is 25.0 Å². The first kappa shape index (κ1) is 16.3. The first-order chi connectivity index (χ1) is 13.8. The molecule has 0 bridgehead atoms. The van der Waals surface area contributed by atoms with Crippen molar-refractivity contribution in [3.05, 3.63) is 95.1 Å². The molecular weight excluding hydrogens is 347 g/mol. The quantitative estimate of drug-likeness (QED) is 0.522. The lowest BCUT2D eigenvalue weighted by Gasteiger charge is -2.19. The third-order valence-corrected chi connectivity index (χ3v) is 6.11. The largest absolute Gasteiger partial charge is 0.637 e. The molecule has 0 heterocycles. The highest BCUT2D eigenvalue weighted by Crippen LogP contribution is 2.41. The summed E-state index contributed by atoms with van der Waals surface area (Å²) in [6.07, 6.45) is 1.15. The molecular formula is C24H19BO3. The average Bonchev–Trinajstić information content (AvgIpc) is 3.24. The Morgan fingerprint density at radius 2 is 1.07 bits per heavy atom. The average molecular weight is 366 g/mol. The molecule has 6 rings (SSSR count). The van der Waals surface area contributed by atoms with E-state index in [4.69, 9.17) is 9.31 Å². The molecule has 2 aliphatic rings. The Morgan fingerprint density at radius 1 is 0.643 bits per heavy atom. The molecule has 4 aromatic carbocycles. The predicted molar refractivity (Wildman–Crippen MR) is 111 cm³/mol. The van der Waals surface area contributed by atoms with Crippen molar-refractivity contribution in [3.8, 4) is 0 Å². The van der Waals surface area contributed by atoms with E-state index >= 15 is 0 Å². The molecule has 1 N–H and O–H groups in total. The van der Waals surface area contributed by atoms with Gasteiger partial charge in [0.2, 0.25) is 0 Å². The van der Waals surface area contributed by atoms with Gasteiger partial charge in [0.1, 0.15) is 0 Å². The van der Waals surface area contributed by atoms with Gasteiger partial charge in [-0.2, -0.15) is 0 Å². The van der Waals surface area contributed by atoms with Gasteiger partial charge in [-0.05, 0) is 43.8 Å². The lowest BCUT2D eigenvalue weighted by Crippen LogP contribution is -2.27. The minimum Gasteiger partial charge on any atom is -0.402 e. The Bertz CT molecular complexity index is 1110. The highest BCUT2D eigenvalue weighted by atomic mass is 16.7. The van der Waals surface area contributed by atoms with Gasteiger partial charge in [-0.3, -0.25) is 0 Å². The van der Waals surface area contributed by atoms with Crippen molar-refractivity contribution in [2.24, 2.45) is 0 Å². The normalized spacial score (nSPS) is 19.6. The van der Waals surface area contributed by atoms with E-state index in [1.807, 2.05) is 12.1 Å². The van der Waals surface area contributed by atoms with Gasteiger partial charge in [-0.25, -0.2) is 0 Å². The van der Waals surface area contributed by atoms with E-state index in [2.05, 4.69) is 60.7 Å². The molecule has 4 aromatic rings. The van der Waals surface area contributed by atoms with Crippen molar-refractivity contribution in [1.29, 1.82) is 0 Å². The van der Waals surface area contributed by atoms with Gasteiger partial charge < -0.3 is 14.3 Å². The maximum atomic E-state index is 10.6. The fourth-order valence-electron chi connectivity index (χ4n) is 4.95. The summed E-state index contributed by atoms with van der Waals surface area (Å²) in [5.41, 5.74) is 4.80. The highest BCUT2D eigenvalue weighted by Gasteiger charge is 2.34. The van der Waals surface area contributed by atoms with Crippen LogP contribution in [-0.4, -0.2) is 12.3 Å². The molecule has 136 valence electrons. The van der Waals surface area contributed by atoms with Crippen molar-refractivity contribution in [3.63, 3.8) is 0 Å². The van der Waals surface area contributed by atoms with Crippen LogP contribution >= 0.6 is 0 Å². The molecule has 0 saturated carbocycles. The Balaban J connectivity index is 1.24. The van der Waals surface area contributed by atoms with Gasteiger partial charge >= 0.3 is 7.32 Å². The summed E-state index contributed by atoms with van der Waals surface area (Å²) >= 11 is 0. The van der Waals surface area contributed by atoms with E-state index in [1.54, 1.807) is 0 Å². The van der Waals surface area contributed by atoms with Crippen LogP contribution in [0.4, 0.5) is 0 Å². The van der Waals surface area contributed by atoms with Gasteiger partial charge in [0.05, 0.1) is 12.2 Å². The zero-order chi connectivity index (χ0) is 18.7. The Kier molecular flexibility index (Phi) is 3.60. The first-order valence-corrected chi connectivity index (χ1v) is 9.78. The lowest BCUT2D eigenvalue weighted by molar-refractivity contribution is 0.0573. The third kappa shape index (κ3) is 2.42. The second kappa shape index (κ2) is 6.18. The summed E-state index contributed by atoms with van der Waals surface area (Å²) in [4.78, 5) is 0. The molecule has 2 unspecified atom stereocenters. The number of rotatable bonds is 4. The van der Waals surface area contributed by atoms with Crippen molar-refractivity contribution in [2.75, 3.05) is 0 Å². The summed E-state index contributed by atoms with van der Waals surface area (Å²) in [6.45, 7) is 0. The smallest absolute Gasteiger partial charge is 0.402 e. The summed E-state index contributed by atoms with van der Waals surface area (Å²) in [7, 11) is -1.26. The molecule has 0 spiro atoms. The van der Waals surface area contributed by atoms with Gasteiger partial charge in [0.15, 0.2) is 0 Å². The summed E-state index contributed by atoms with van der Waals surface area (Å²) < 4.78 is 11.9. The van der Waals surface area contributed by atoms with Crippen LogP contribution in [0, 0.1) is 0 Å². The van der Waals surface area contributed by atoms with Crippen LogP contribution in [0.1, 0.15) is 34.5 Å². The maximum absolute atomic E-state index is 10.6. The van der Waals surface area contributed by atoms with E-state index < -0.39 is 7.32 Å². The number of benzene rings is 4. The van der Waals surface area contributed by atoms with E-state index in [0.29, 0.717) is 0 Å². The van der Waals surface area contributed by atoms with Crippen molar-refractivity contribution in [1.82, 2.24) is 0 Å². The predicted octanol–water partition coefficient (Wildman–Crippen LogP) is 4.90. The van der Waals surface area contributed by atoms with Gasteiger partial charge in [0.25, 0.3) is 0 Å². The minimum absolute atomic E-state index is 0.185. The lowest BCUT2D eigenvalue weighted by atomic mass is 10.0. The number of hydrogen-bond acceptors (Lipinski definition) is 3. The molecule has 0 aromatic heterocycles. The van der Waals surface area contributed by atoms with Crippen LogP contribution in [0.5, 0.6) is 0 Å². The molecule has 28 heavy (non-hydrogen) atoms.